The maximum Gasteiger partial charge on any atom is 0.410 e. The van der Waals surface area contributed by atoms with Crippen molar-refractivity contribution in [1.29, 1.82) is 0 Å². The molecule has 4 heteroatoms. The van der Waals surface area contributed by atoms with Gasteiger partial charge in [-0.1, -0.05) is 12.1 Å². The van der Waals surface area contributed by atoms with Gasteiger partial charge in [-0.3, -0.25) is 0 Å². The van der Waals surface area contributed by atoms with Crippen molar-refractivity contribution in [3.63, 3.8) is 0 Å². The van der Waals surface area contributed by atoms with E-state index in [0.717, 1.165) is 11.3 Å². The van der Waals surface area contributed by atoms with Gasteiger partial charge in [-0.05, 0) is 31.5 Å². The first-order chi connectivity index (χ1) is 8.21. The van der Waals surface area contributed by atoms with E-state index in [9.17, 15) is 4.79 Å². The second kappa shape index (κ2) is 6.78. The van der Waals surface area contributed by atoms with Crippen molar-refractivity contribution in [1.82, 2.24) is 4.90 Å². The maximum absolute atomic E-state index is 11.6. The number of hydrogen-bond acceptors (Lipinski definition) is 3. The molecule has 1 rings (SSSR count). The van der Waals surface area contributed by atoms with E-state index in [1.165, 1.54) is 0 Å². The van der Waals surface area contributed by atoms with Gasteiger partial charge >= 0.3 is 6.09 Å². The first-order valence-electron chi connectivity index (χ1n) is 5.75. The molecule has 0 saturated carbocycles. The van der Waals surface area contributed by atoms with Crippen molar-refractivity contribution in [2.45, 2.75) is 20.5 Å². The molecule has 0 atom stereocenters. The fourth-order valence-corrected chi connectivity index (χ4v) is 1.48. The Kier molecular flexibility index (Phi) is 5.33. The molecule has 0 aromatic heterocycles. The summed E-state index contributed by atoms with van der Waals surface area (Å²) in [6.45, 7) is 5.44. The van der Waals surface area contributed by atoms with Gasteiger partial charge in [-0.2, -0.15) is 0 Å². The summed E-state index contributed by atoms with van der Waals surface area (Å²) < 4.78 is 10.3. The molecular weight excluding hydrogens is 218 g/mol. The van der Waals surface area contributed by atoms with Crippen molar-refractivity contribution in [2.75, 3.05) is 20.2 Å². The number of hydrogen-bond donors (Lipinski definition) is 0. The molecule has 94 valence electrons. The Morgan fingerprint density at radius 2 is 2.00 bits per heavy atom. The molecule has 0 aliphatic carbocycles. The molecule has 0 heterocycles. The average molecular weight is 237 g/mol. The van der Waals surface area contributed by atoms with Gasteiger partial charge in [-0.25, -0.2) is 4.79 Å². The highest BCUT2D eigenvalue weighted by molar-refractivity contribution is 5.67. The van der Waals surface area contributed by atoms with Crippen LogP contribution >= 0.6 is 0 Å². The van der Waals surface area contributed by atoms with Crippen LogP contribution in [0.25, 0.3) is 0 Å². The Labute approximate surface area is 102 Å². The largest absolute Gasteiger partial charge is 0.497 e. The zero-order valence-electron chi connectivity index (χ0n) is 10.6. The van der Waals surface area contributed by atoms with E-state index >= 15 is 0 Å². The predicted octanol–water partition coefficient (Wildman–Crippen LogP) is 2.67. The lowest BCUT2D eigenvalue weighted by Gasteiger charge is -2.18. The zero-order valence-corrected chi connectivity index (χ0v) is 10.6. The third kappa shape index (κ3) is 3.98. The summed E-state index contributed by atoms with van der Waals surface area (Å²) >= 11 is 0. The second-order valence-electron chi connectivity index (χ2n) is 3.58. The minimum Gasteiger partial charge on any atom is -0.497 e. The standard InChI is InChI=1S/C13H19NO3/c1-4-14(5-2)13(15)17-10-11-7-6-8-12(9-11)16-3/h6-9H,4-5,10H2,1-3H3. The molecule has 1 aromatic carbocycles. The molecule has 0 aliphatic rings. The Hall–Kier alpha value is -1.71. The molecule has 4 nitrogen and oxygen atoms in total. The summed E-state index contributed by atoms with van der Waals surface area (Å²) in [4.78, 5) is 13.2. The fourth-order valence-electron chi connectivity index (χ4n) is 1.48. The van der Waals surface area contributed by atoms with Crippen molar-refractivity contribution >= 4 is 6.09 Å². The zero-order chi connectivity index (χ0) is 12.7. The third-order valence-corrected chi connectivity index (χ3v) is 2.52. The highest BCUT2D eigenvalue weighted by atomic mass is 16.6. The Morgan fingerprint density at radius 3 is 2.59 bits per heavy atom. The van der Waals surface area contributed by atoms with Gasteiger partial charge in [-0.15, -0.1) is 0 Å². The first kappa shape index (κ1) is 13.4. The lowest BCUT2D eigenvalue weighted by atomic mass is 10.2. The molecule has 0 fully saturated rings. The highest BCUT2D eigenvalue weighted by Crippen LogP contribution is 2.13. The second-order valence-corrected chi connectivity index (χ2v) is 3.58. The molecular formula is C13H19NO3. The van der Waals surface area contributed by atoms with E-state index in [2.05, 4.69) is 0 Å². The summed E-state index contributed by atoms with van der Waals surface area (Å²) in [7, 11) is 1.61. The topological polar surface area (TPSA) is 38.8 Å². The van der Waals surface area contributed by atoms with Gasteiger partial charge in [0.25, 0.3) is 0 Å². The average Bonchev–Trinajstić information content (AvgIpc) is 2.38. The minimum atomic E-state index is -0.280. The van der Waals surface area contributed by atoms with Crippen LogP contribution in [0.4, 0.5) is 4.79 Å². The SMILES string of the molecule is CCN(CC)C(=O)OCc1cccc(OC)c1. The smallest absolute Gasteiger partial charge is 0.410 e. The monoisotopic (exact) mass is 237 g/mol. The Balaban J connectivity index is 2.52. The molecule has 1 aromatic rings. The molecule has 0 unspecified atom stereocenters. The molecule has 0 N–H and O–H groups in total. The normalized spacial score (nSPS) is 9.82. The van der Waals surface area contributed by atoms with Crippen LogP contribution in [0.2, 0.25) is 0 Å². The number of nitrogens with zero attached hydrogens (tertiary/aromatic N) is 1. The number of rotatable bonds is 5. The number of amides is 1. The molecule has 0 saturated heterocycles. The number of ether oxygens (including phenoxy) is 2. The van der Waals surface area contributed by atoms with Crippen LogP contribution in [0.15, 0.2) is 24.3 Å². The van der Waals surface area contributed by atoms with Crippen LogP contribution in [-0.4, -0.2) is 31.2 Å². The molecule has 0 spiro atoms. The number of methoxy groups -OCH3 is 1. The number of carbonyl (C=O) groups is 1. The van der Waals surface area contributed by atoms with E-state index in [-0.39, 0.29) is 12.7 Å². The highest BCUT2D eigenvalue weighted by Gasteiger charge is 2.10. The van der Waals surface area contributed by atoms with Crippen molar-refractivity contribution in [3.05, 3.63) is 29.8 Å². The summed E-state index contributed by atoms with van der Waals surface area (Å²) in [5.74, 6) is 0.765. The lowest BCUT2D eigenvalue weighted by Crippen LogP contribution is -2.30. The van der Waals surface area contributed by atoms with Gasteiger partial charge in [0.05, 0.1) is 7.11 Å². The molecule has 1 amide bonds. The Bertz CT molecular complexity index is 361. The molecule has 0 radical (unpaired) electrons. The quantitative estimate of drug-likeness (QED) is 0.790. The van der Waals surface area contributed by atoms with Crippen LogP contribution in [0.5, 0.6) is 5.75 Å². The summed E-state index contributed by atoms with van der Waals surface area (Å²) in [6.07, 6.45) is -0.280. The lowest BCUT2D eigenvalue weighted by molar-refractivity contribution is 0.0998. The van der Waals surface area contributed by atoms with Gasteiger partial charge in [0, 0.05) is 13.1 Å². The van der Waals surface area contributed by atoms with Gasteiger partial charge in [0.1, 0.15) is 12.4 Å². The maximum atomic E-state index is 11.6. The van der Waals surface area contributed by atoms with Gasteiger partial charge < -0.3 is 14.4 Å². The third-order valence-electron chi connectivity index (χ3n) is 2.52. The van der Waals surface area contributed by atoms with E-state index in [0.29, 0.717) is 13.1 Å². The van der Waals surface area contributed by atoms with Crippen LogP contribution in [-0.2, 0) is 11.3 Å². The minimum absolute atomic E-state index is 0.270. The molecule has 0 aliphatic heterocycles. The van der Waals surface area contributed by atoms with E-state index in [1.807, 2.05) is 38.1 Å². The predicted molar refractivity (Wildman–Crippen MR) is 66.1 cm³/mol. The summed E-state index contributed by atoms with van der Waals surface area (Å²) in [5, 5.41) is 0. The van der Waals surface area contributed by atoms with E-state index in [1.54, 1.807) is 12.0 Å². The number of carbonyl (C=O) groups excluding carboxylic acids is 1. The van der Waals surface area contributed by atoms with Crippen molar-refractivity contribution < 1.29 is 14.3 Å². The molecule has 0 bridgehead atoms. The van der Waals surface area contributed by atoms with E-state index in [4.69, 9.17) is 9.47 Å². The van der Waals surface area contributed by atoms with Crippen LogP contribution in [0.3, 0.4) is 0 Å². The van der Waals surface area contributed by atoms with Crippen LogP contribution in [0, 0.1) is 0 Å². The first-order valence-corrected chi connectivity index (χ1v) is 5.75. The van der Waals surface area contributed by atoms with Crippen molar-refractivity contribution in [2.24, 2.45) is 0 Å². The van der Waals surface area contributed by atoms with Gasteiger partial charge in [0.15, 0.2) is 0 Å². The molecule has 17 heavy (non-hydrogen) atoms. The van der Waals surface area contributed by atoms with Crippen molar-refractivity contribution in [3.8, 4) is 5.75 Å². The summed E-state index contributed by atoms with van der Waals surface area (Å²) in [5.41, 5.74) is 0.921. The van der Waals surface area contributed by atoms with E-state index < -0.39 is 0 Å². The number of benzene rings is 1. The van der Waals surface area contributed by atoms with Crippen LogP contribution in [0.1, 0.15) is 19.4 Å². The van der Waals surface area contributed by atoms with Crippen LogP contribution < -0.4 is 4.74 Å². The van der Waals surface area contributed by atoms with Gasteiger partial charge in [0.2, 0.25) is 0 Å². The Morgan fingerprint density at radius 1 is 1.29 bits per heavy atom. The summed E-state index contributed by atoms with van der Waals surface area (Å²) in [6, 6.07) is 7.49. The fraction of sp³-hybridized carbons (Fsp3) is 0.462.